The van der Waals surface area contributed by atoms with Gasteiger partial charge >= 0.3 is 5.97 Å². The van der Waals surface area contributed by atoms with E-state index in [0.717, 1.165) is 0 Å². The maximum atomic E-state index is 10.2. The summed E-state index contributed by atoms with van der Waals surface area (Å²) in [4.78, 5) is 10.2. The fraction of sp³-hybridized carbons (Fsp3) is 0.500. The van der Waals surface area contributed by atoms with Gasteiger partial charge in [-0.1, -0.05) is 0 Å². The smallest absolute Gasteiger partial charge is 0.334 e. The lowest BCUT2D eigenvalue weighted by Crippen LogP contribution is -2.04. The lowest BCUT2D eigenvalue weighted by atomic mass is 10.4. The molecule has 0 unspecified atom stereocenters. The number of hydrogen-bond acceptors (Lipinski definition) is 2. The summed E-state index contributed by atoms with van der Waals surface area (Å²) in [7, 11) is -1.11. The number of carboxylic acid groups (broad SMARTS) is 1. The van der Waals surface area contributed by atoms with E-state index in [1.807, 2.05) is 13.1 Å². The quantitative estimate of drug-likeness (QED) is 0.380. The summed E-state index contributed by atoms with van der Waals surface area (Å²) in [6.07, 6.45) is 1.32. The van der Waals surface area contributed by atoms with Crippen LogP contribution in [0.1, 0.15) is 6.92 Å². The molecule has 58 valence electrons. The van der Waals surface area contributed by atoms with E-state index in [1.54, 1.807) is 0 Å². The summed E-state index contributed by atoms with van der Waals surface area (Å²) in [5.41, 5.74) is 0.251. The third-order valence-electron chi connectivity index (χ3n) is 0.854. The van der Waals surface area contributed by atoms with Crippen LogP contribution in [0.15, 0.2) is 11.8 Å². The highest BCUT2D eigenvalue weighted by molar-refractivity contribution is 6.48. The van der Waals surface area contributed by atoms with Crippen LogP contribution in [-0.2, 0) is 9.22 Å². The van der Waals surface area contributed by atoms with Gasteiger partial charge in [-0.15, -0.1) is 0 Å². The predicted octanol–water partition coefficient (Wildman–Crippen LogP) is 0.975. The van der Waals surface area contributed by atoms with Crippen LogP contribution < -0.4 is 0 Å². The van der Waals surface area contributed by atoms with Crippen molar-refractivity contribution in [2.45, 2.75) is 20.0 Å². The molecule has 0 aliphatic rings. The molecule has 3 nitrogen and oxygen atoms in total. The second kappa shape index (κ2) is 4.11. The van der Waals surface area contributed by atoms with Crippen LogP contribution >= 0.6 is 0 Å². The van der Waals surface area contributed by atoms with Gasteiger partial charge in [0.05, 0.1) is 11.8 Å². The van der Waals surface area contributed by atoms with Gasteiger partial charge in [0.1, 0.15) is 0 Å². The standard InChI is InChI=1S/C6H12O3Si/c1-5(6(7)8)4-9-10(2)3/h4,10H,1-3H3,(H,7,8). The van der Waals surface area contributed by atoms with Crippen molar-refractivity contribution >= 4 is 15.0 Å². The molecule has 0 fully saturated rings. The molecule has 10 heavy (non-hydrogen) atoms. The first kappa shape index (κ1) is 9.23. The van der Waals surface area contributed by atoms with Gasteiger partial charge in [0, 0.05) is 0 Å². The lowest BCUT2D eigenvalue weighted by Gasteiger charge is -2.02. The second-order valence-electron chi connectivity index (χ2n) is 2.29. The molecule has 0 aromatic rings. The summed E-state index contributed by atoms with van der Waals surface area (Å²) >= 11 is 0. The Morgan fingerprint density at radius 1 is 1.60 bits per heavy atom. The Bertz CT molecular complexity index is 151. The van der Waals surface area contributed by atoms with Crippen molar-refractivity contribution in [2.75, 3.05) is 0 Å². The molecular weight excluding hydrogens is 148 g/mol. The molecule has 0 amide bonds. The Hall–Kier alpha value is -0.773. The Morgan fingerprint density at radius 3 is 2.40 bits per heavy atom. The Morgan fingerprint density at radius 2 is 2.10 bits per heavy atom. The molecule has 0 aromatic heterocycles. The first-order chi connectivity index (χ1) is 4.54. The van der Waals surface area contributed by atoms with Crippen LogP contribution in [0.4, 0.5) is 0 Å². The van der Waals surface area contributed by atoms with Crippen molar-refractivity contribution < 1.29 is 14.3 Å². The van der Waals surface area contributed by atoms with E-state index in [9.17, 15) is 4.79 Å². The van der Waals surface area contributed by atoms with Crippen molar-refractivity contribution in [1.29, 1.82) is 0 Å². The maximum absolute atomic E-state index is 10.2. The number of aliphatic carboxylic acids is 1. The largest absolute Gasteiger partial charge is 0.552 e. The molecule has 1 N–H and O–H groups in total. The molecule has 0 aliphatic heterocycles. The van der Waals surface area contributed by atoms with Crippen LogP contribution in [0.3, 0.4) is 0 Å². The summed E-state index contributed by atoms with van der Waals surface area (Å²) in [5, 5.41) is 8.36. The van der Waals surface area contributed by atoms with Crippen molar-refractivity contribution in [1.82, 2.24) is 0 Å². The summed E-state index contributed by atoms with van der Waals surface area (Å²) in [6.45, 7) is 5.47. The fourth-order valence-electron chi connectivity index (χ4n) is 0.289. The minimum absolute atomic E-state index is 0.251. The Labute approximate surface area is 62.0 Å². The van der Waals surface area contributed by atoms with Gasteiger partial charge in [-0.3, -0.25) is 0 Å². The number of carbonyl (C=O) groups is 1. The van der Waals surface area contributed by atoms with Crippen molar-refractivity contribution in [3.8, 4) is 0 Å². The molecule has 4 heteroatoms. The Kier molecular flexibility index (Phi) is 3.79. The number of carboxylic acids is 1. The zero-order valence-electron chi connectivity index (χ0n) is 6.42. The monoisotopic (exact) mass is 160 g/mol. The minimum atomic E-state index is -1.11. The van der Waals surface area contributed by atoms with E-state index in [2.05, 4.69) is 0 Å². The van der Waals surface area contributed by atoms with Crippen molar-refractivity contribution in [3.05, 3.63) is 11.8 Å². The highest BCUT2D eigenvalue weighted by Gasteiger charge is 1.99. The van der Waals surface area contributed by atoms with Gasteiger partial charge in [0.15, 0.2) is 0 Å². The molecule has 0 radical (unpaired) electrons. The third kappa shape index (κ3) is 4.14. The first-order valence-electron chi connectivity index (χ1n) is 3.09. The van der Waals surface area contributed by atoms with Crippen molar-refractivity contribution in [3.63, 3.8) is 0 Å². The topological polar surface area (TPSA) is 46.5 Å². The molecule has 0 bridgehead atoms. The zero-order chi connectivity index (χ0) is 8.15. The van der Waals surface area contributed by atoms with Crippen molar-refractivity contribution in [2.24, 2.45) is 0 Å². The van der Waals surface area contributed by atoms with Gasteiger partial charge in [0.25, 0.3) is 0 Å². The van der Waals surface area contributed by atoms with Crippen LogP contribution in [-0.4, -0.2) is 20.1 Å². The van der Waals surface area contributed by atoms with E-state index < -0.39 is 15.0 Å². The zero-order valence-corrected chi connectivity index (χ0v) is 7.57. The Balaban J connectivity index is 3.81. The molecular formula is C6H12O3Si. The van der Waals surface area contributed by atoms with Crippen LogP contribution in [0.25, 0.3) is 0 Å². The average molecular weight is 160 g/mol. The van der Waals surface area contributed by atoms with Gasteiger partial charge in [-0.25, -0.2) is 4.79 Å². The van der Waals surface area contributed by atoms with Crippen LogP contribution in [0.2, 0.25) is 13.1 Å². The van der Waals surface area contributed by atoms with Crippen LogP contribution in [0, 0.1) is 0 Å². The summed E-state index contributed by atoms with van der Waals surface area (Å²) in [5.74, 6) is -0.922. The van der Waals surface area contributed by atoms with Gasteiger partial charge in [-0.2, -0.15) is 0 Å². The van der Waals surface area contributed by atoms with E-state index in [-0.39, 0.29) is 5.57 Å². The second-order valence-corrected chi connectivity index (χ2v) is 4.66. The van der Waals surface area contributed by atoms with E-state index in [0.29, 0.717) is 0 Å². The maximum Gasteiger partial charge on any atom is 0.334 e. The minimum Gasteiger partial charge on any atom is -0.552 e. The van der Waals surface area contributed by atoms with Gasteiger partial charge < -0.3 is 9.53 Å². The highest BCUT2D eigenvalue weighted by Crippen LogP contribution is 1.94. The highest BCUT2D eigenvalue weighted by atomic mass is 28.3. The molecule has 0 aromatic carbocycles. The normalized spacial score (nSPS) is 11.8. The molecule has 0 saturated heterocycles. The van der Waals surface area contributed by atoms with Crippen LogP contribution in [0.5, 0.6) is 0 Å². The predicted molar refractivity (Wildman–Crippen MR) is 41.4 cm³/mol. The van der Waals surface area contributed by atoms with Gasteiger partial charge in [-0.05, 0) is 20.0 Å². The average Bonchev–Trinajstić information content (AvgIpc) is 1.82. The summed E-state index contributed by atoms with van der Waals surface area (Å²) < 4.78 is 5.06. The number of rotatable bonds is 3. The van der Waals surface area contributed by atoms with E-state index in [1.165, 1.54) is 13.2 Å². The van der Waals surface area contributed by atoms with E-state index >= 15 is 0 Å². The van der Waals surface area contributed by atoms with E-state index in [4.69, 9.17) is 9.53 Å². The number of hydrogen-bond donors (Lipinski definition) is 1. The molecule has 0 atom stereocenters. The first-order valence-corrected chi connectivity index (χ1v) is 5.87. The summed E-state index contributed by atoms with van der Waals surface area (Å²) in [6, 6.07) is 0. The fourth-order valence-corrected chi connectivity index (χ4v) is 0.765. The lowest BCUT2D eigenvalue weighted by molar-refractivity contribution is -0.132. The third-order valence-corrected chi connectivity index (χ3v) is 1.53. The SMILES string of the molecule is CC(=CO[SiH](C)C)C(=O)O. The molecule has 0 saturated carbocycles. The molecule has 0 heterocycles. The molecule has 0 rings (SSSR count). The molecule has 0 spiro atoms. The molecule has 0 aliphatic carbocycles. The van der Waals surface area contributed by atoms with Gasteiger partial charge in [0.2, 0.25) is 9.04 Å².